The molecule has 8 nitrogen and oxygen atoms in total. The Labute approximate surface area is 183 Å². The van der Waals surface area contributed by atoms with Crippen LogP contribution in [-0.4, -0.2) is 33.7 Å². The number of hydrogen-bond acceptors (Lipinski definition) is 5. The van der Waals surface area contributed by atoms with E-state index in [1.807, 2.05) is 12.1 Å². The van der Waals surface area contributed by atoms with E-state index in [1.165, 1.54) is 0 Å². The van der Waals surface area contributed by atoms with E-state index in [1.54, 1.807) is 48.8 Å². The molecule has 0 bridgehead atoms. The molecule has 9 heteroatoms. The van der Waals surface area contributed by atoms with Crippen LogP contribution in [0.25, 0.3) is 11.1 Å². The number of benzene rings is 2. The number of nitrogens with zero attached hydrogens (tertiary/aromatic N) is 2. The normalized spacial score (nSPS) is 13.8. The maximum Gasteiger partial charge on any atom is 0.323 e. The molecule has 1 aromatic heterocycles. The van der Waals surface area contributed by atoms with E-state index in [2.05, 4.69) is 20.6 Å². The zero-order valence-corrected chi connectivity index (χ0v) is 17.1. The molecule has 31 heavy (non-hydrogen) atoms. The molecule has 1 fully saturated rings. The third-order valence-corrected chi connectivity index (χ3v) is 5.21. The van der Waals surface area contributed by atoms with E-state index in [4.69, 9.17) is 16.3 Å². The summed E-state index contributed by atoms with van der Waals surface area (Å²) in [5.41, 5.74) is 2.05. The lowest BCUT2D eigenvalue weighted by atomic mass is 10.1. The highest BCUT2D eigenvalue weighted by Gasteiger charge is 2.51. The van der Waals surface area contributed by atoms with Gasteiger partial charge in [0.05, 0.1) is 0 Å². The molecule has 1 saturated carbocycles. The van der Waals surface area contributed by atoms with Gasteiger partial charge in [-0.05, 0) is 48.7 Å². The van der Waals surface area contributed by atoms with Gasteiger partial charge in [-0.15, -0.1) is 0 Å². The summed E-state index contributed by atoms with van der Waals surface area (Å²) in [4.78, 5) is 31.6. The smallest absolute Gasteiger partial charge is 0.323 e. The molecule has 3 N–H and O–H groups in total. The van der Waals surface area contributed by atoms with Crippen LogP contribution in [-0.2, 0) is 4.79 Å². The maximum atomic E-state index is 12.1. The molecule has 2 aromatic carbocycles. The molecule has 0 spiro atoms. The van der Waals surface area contributed by atoms with Gasteiger partial charge in [-0.25, -0.2) is 14.8 Å². The number of carbonyl (C=O) groups is 2. The first-order valence-electron chi connectivity index (χ1n) is 9.56. The fraction of sp³-hybridized carbons (Fsp3) is 0.182. The first-order valence-corrected chi connectivity index (χ1v) is 9.94. The summed E-state index contributed by atoms with van der Waals surface area (Å²) in [5, 5.41) is 15.2. The average molecular weight is 439 g/mol. The van der Waals surface area contributed by atoms with Crippen molar-refractivity contribution >= 4 is 35.0 Å². The minimum absolute atomic E-state index is 0.0687. The van der Waals surface area contributed by atoms with Gasteiger partial charge in [0.1, 0.15) is 12.0 Å². The number of carboxylic acids is 1. The fourth-order valence-electron chi connectivity index (χ4n) is 2.92. The summed E-state index contributed by atoms with van der Waals surface area (Å²) < 4.78 is 5.44. The van der Waals surface area contributed by atoms with Gasteiger partial charge < -0.3 is 20.5 Å². The number of hydrogen-bond donors (Lipinski definition) is 3. The predicted molar refractivity (Wildman–Crippen MR) is 116 cm³/mol. The number of halogens is 1. The highest BCUT2D eigenvalue weighted by Crippen LogP contribution is 2.45. The topological polar surface area (TPSA) is 113 Å². The Kier molecular flexibility index (Phi) is 5.73. The molecule has 0 aliphatic heterocycles. The number of carbonyl (C=O) groups excluding carboxylic acids is 1. The molecule has 4 rings (SSSR count). The van der Waals surface area contributed by atoms with Crippen LogP contribution >= 0.6 is 11.6 Å². The number of aromatic nitrogens is 2. The molecule has 1 heterocycles. The third-order valence-electron chi connectivity index (χ3n) is 4.97. The Morgan fingerprint density at radius 1 is 1.00 bits per heavy atom. The Morgan fingerprint density at radius 2 is 1.68 bits per heavy atom. The van der Waals surface area contributed by atoms with Crippen molar-refractivity contribution < 1.29 is 19.4 Å². The van der Waals surface area contributed by atoms with Crippen molar-refractivity contribution in [1.82, 2.24) is 9.97 Å². The second-order valence-corrected chi connectivity index (χ2v) is 7.73. The Hall–Kier alpha value is -3.65. The Morgan fingerprint density at radius 3 is 2.29 bits per heavy atom. The highest BCUT2D eigenvalue weighted by atomic mass is 35.5. The predicted octanol–water partition coefficient (Wildman–Crippen LogP) is 4.68. The summed E-state index contributed by atoms with van der Waals surface area (Å²) in [6.45, 7) is 0.0687. The molecule has 0 atom stereocenters. The minimum Gasteiger partial charge on any atom is -0.481 e. The molecule has 0 radical (unpaired) electrons. The lowest BCUT2D eigenvalue weighted by Gasteiger charge is -2.11. The van der Waals surface area contributed by atoms with Crippen LogP contribution in [0.4, 0.5) is 16.2 Å². The van der Waals surface area contributed by atoms with E-state index in [0.717, 1.165) is 11.1 Å². The zero-order valence-electron chi connectivity index (χ0n) is 16.3. The molecule has 0 unspecified atom stereocenters. The van der Waals surface area contributed by atoms with Gasteiger partial charge in [0.15, 0.2) is 0 Å². The lowest BCUT2D eigenvalue weighted by molar-refractivity contribution is -0.144. The van der Waals surface area contributed by atoms with E-state index in [9.17, 15) is 14.7 Å². The average Bonchev–Trinajstić information content (AvgIpc) is 3.55. The van der Waals surface area contributed by atoms with Gasteiger partial charge in [0.2, 0.25) is 0 Å². The van der Waals surface area contributed by atoms with Crippen LogP contribution in [0, 0.1) is 5.41 Å². The summed E-state index contributed by atoms with van der Waals surface area (Å²) in [6, 6.07) is 13.8. The monoisotopic (exact) mass is 438 g/mol. The van der Waals surface area contributed by atoms with E-state index in [-0.39, 0.29) is 18.6 Å². The standard InChI is InChI=1S/C22H19ClN4O4/c23-16-2-1-3-18(10-16)27-20(30)26-17-6-4-14(5-7-17)15-11-24-21(25-12-15)31-13-22(8-9-22)19(28)29/h1-7,10-12H,8-9,13H2,(H,28,29)(H2,26,27,30). The quantitative estimate of drug-likeness (QED) is 0.493. The number of nitrogens with one attached hydrogen (secondary N) is 2. The zero-order chi connectivity index (χ0) is 21.8. The van der Waals surface area contributed by atoms with Crippen LogP contribution in [0.15, 0.2) is 60.9 Å². The van der Waals surface area contributed by atoms with Crippen molar-refractivity contribution in [2.24, 2.45) is 5.41 Å². The first-order chi connectivity index (χ1) is 14.9. The molecule has 2 amide bonds. The Balaban J connectivity index is 1.33. The Bertz CT molecular complexity index is 1100. The molecular weight excluding hydrogens is 420 g/mol. The van der Waals surface area contributed by atoms with Crippen molar-refractivity contribution in [3.8, 4) is 17.1 Å². The van der Waals surface area contributed by atoms with E-state index < -0.39 is 11.4 Å². The van der Waals surface area contributed by atoms with Crippen molar-refractivity contribution in [3.63, 3.8) is 0 Å². The van der Waals surface area contributed by atoms with Gasteiger partial charge in [0.25, 0.3) is 0 Å². The van der Waals surface area contributed by atoms with Crippen LogP contribution in [0.2, 0.25) is 5.02 Å². The van der Waals surface area contributed by atoms with Crippen molar-refractivity contribution in [3.05, 3.63) is 65.9 Å². The fourth-order valence-corrected chi connectivity index (χ4v) is 3.11. The molecule has 158 valence electrons. The van der Waals surface area contributed by atoms with E-state index in [0.29, 0.717) is 29.2 Å². The SMILES string of the molecule is O=C(Nc1ccc(-c2cnc(OCC3(C(=O)O)CC3)nc2)cc1)Nc1cccc(Cl)c1. The maximum absolute atomic E-state index is 12.1. The van der Waals surface area contributed by atoms with Crippen molar-refractivity contribution in [1.29, 1.82) is 0 Å². The van der Waals surface area contributed by atoms with E-state index >= 15 is 0 Å². The lowest BCUT2D eigenvalue weighted by Crippen LogP contribution is -2.23. The second-order valence-electron chi connectivity index (χ2n) is 7.30. The molecule has 1 aliphatic carbocycles. The van der Waals surface area contributed by atoms with Gasteiger partial charge in [-0.3, -0.25) is 4.79 Å². The van der Waals surface area contributed by atoms with Crippen LogP contribution in [0.5, 0.6) is 6.01 Å². The summed E-state index contributed by atoms with van der Waals surface area (Å²) in [5.74, 6) is -0.848. The summed E-state index contributed by atoms with van der Waals surface area (Å²) in [6.07, 6.45) is 4.43. The largest absolute Gasteiger partial charge is 0.481 e. The van der Waals surface area contributed by atoms with Crippen LogP contribution < -0.4 is 15.4 Å². The molecule has 1 aliphatic rings. The van der Waals surface area contributed by atoms with Gasteiger partial charge in [0, 0.05) is 34.4 Å². The van der Waals surface area contributed by atoms with Crippen molar-refractivity contribution in [2.75, 3.05) is 17.2 Å². The second kappa shape index (κ2) is 8.61. The number of ether oxygens (including phenoxy) is 1. The third kappa shape index (κ3) is 5.10. The highest BCUT2D eigenvalue weighted by molar-refractivity contribution is 6.30. The molecular formula is C22H19ClN4O4. The van der Waals surface area contributed by atoms with Crippen molar-refractivity contribution in [2.45, 2.75) is 12.8 Å². The molecule has 0 saturated heterocycles. The number of rotatable bonds is 7. The summed E-state index contributed by atoms with van der Waals surface area (Å²) >= 11 is 5.91. The molecule has 3 aromatic rings. The van der Waals surface area contributed by atoms with Crippen LogP contribution in [0.1, 0.15) is 12.8 Å². The number of urea groups is 1. The van der Waals surface area contributed by atoms with Crippen LogP contribution in [0.3, 0.4) is 0 Å². The number of amides is 2. The van der Waals surface area contributed by atoms with Gasteiger partial charge in [-0.1, -0.05) is 29.8 Å². The number of aliphatic carboxylic acids is 1. The number of anilines is 2. The van der Waals surface area contributed by atoms with Gasteiger partial charge >= 0.3 is 18.0 Å². The number of carboxylic acid groups (broad SMARTS) is 1. The minimum atomic E-state index is -0.848. The first kappa shape index (κ1) is 20.6. The van der Waals surface area contributed by atoms with Gasteiger partial charge in [-0.2, -0.15) is 0 Å². The summed E-state index contributed by atoms with van der Waals surface area (Å²) in [7, 11) is 0.